The van der Waals surface area contributed by atoms with Crippen molar-refractivity contribution in [3.8, 4) is 0 Å². The normalized spacial score (nSPS) is 12.1. The number of rotatable bonds is 5. The van der Waals surface area contributed by atoms with Crippen LogP contribution in [-0.4, -0.2) is 30.8 Å². The van der Waals surface area contributed by atoms with Crippen molar-refractivity contribution >= 4 is 38.6 Å². The molecule has 0 radical (unpaired) electrons. The zero-order valence-electron chi connectivity index (χ0n) is 10.4. The summed E-state index contributed by atoms with van der Waals surface area (Å²) >= 11 is 5.95. The summed E-state index contributed by atoms with van der Waals surface area (Å²) in [5.74, 6) is 0.400. The molecule has 6 nitrogen and oxygen atoms in total. The summed E-state index contributed by atoms with van der Waals surface area (Å²) in [4.78, 5) is 4.23. The molecule has 0 aliphatic heterocycles. The first-order valence-electron chi connectivity index (χ1n) is 5.73. The summed E-state index contributed by atoms with van der Waals surface area (Å²) in [6.07, 6.45) is 1.75. The van der Waals surface area contributed by atoms with Gasteiger partial charge in [-0.25, -0.2) is 18.1 Å². The number of hydrogen-bond acceptors (Lipinski definition) is 4. The molecule has 0 saturated heterocycles. The number of nitrogens with zero attached hydrogens (tertiary/aromatic N) is 2. The largest absolute Gasteiger partial charge is 0.369 e. The van der Waals surface area contributed by atoms with Gasteiger partial charge in [-0.3, -0.25) is 0 Å². The van der Waals surface area contributed by atoms with E-state index in [0.29, 0.717) is 30.5 Å². The van der Waals surface area contributed by atoms with Crippen molar-refractivity contribution in [2.45, 2.75) is 13.0 Å². The highest BCUT2D eigenvalue weighted by Gasteiger charge is 2.08. The Morgan fingerprint density at radius 3 is 2.89 bits per heavy atom. The molecule has 1 aromatic heterocycles. The van der Waals surface area contributed by atoms with E-state index in [0.717, 1.165) is 17.3 Å². The predicted octanol–water partition coefficient (Wildman–Crippen LogP) is 1.21. The lowest BCUT2D eigenvalue weighted by Crippen LogP contribution is -2.24. The second-order valence-corrected chi connectivity index (χ2v) is 6.54. The van der Waals surface area contributed by atoms with E-state index in [9.17, 15) is 8.42 Å². The van der Waals surface area contributed by atoms with E-state index >= 15 is 0 Å². The Labute approximate surface area is 116 Å². The molecule has 1 aromatic carbocycles. The number of sulfonamides is 1. The number of nitrogens with two attached hydrogens (primary N) is 1. The first-order chi connectivity index (χ1) is 8.87. The van der Waals surface area contributed by atoms with E-state index in [1.165, 1.54) is 0 Å². The van der Waals surface area contributed by atoms with Crippen LogP contribution in [0.5, 0.6) is 0 Å². The smallest absolute Gasteiger partial charge is 0.208 e. The van der Waals surface area contributed by atoms with Gasteiger partial charge in [0.15, 0.2) is 0 Å². The van der Waals surface area contributed by atoms with Gasteiger partial charge in [0.05, 0.1) is 17.3 Å². The second-order valence-electron chi connectivity index (χ2n) is 4.27. The molecule has 3 N–H and O–H groups in total. The number of halogens is 1. The van der Waals surface area contributed by atoms with Crippen molar-refractivity contribution in [3.05, 3.63) is 23.2 Å². The lowest BCUT2D eigenvalue weighted by Gasteiger charge is -2.07. The van der Waals surface area contributed by atoms with Crippen molar-refractivity contribution in [2.75, 3.05) is 18.5 Å². The van der Waals surface area contributed by atoms with E-state index in [1.807, 2.05) is 4.57 Å². The molecular formula is C11H15ClN4O2S. The summed E-state index contributed by atoms with van der Waals surface area (Å²) in [6, 6.07) is 5.36. The Balaban J connectivity index is 2.12. The van der Waals surface area contributed by atoms with E-state index in [4.69, 9.17) is 17.3 Å². The lowest BCUT2D eigenvalue weighted by atomic mass is 10.3. The van der Waals surface area contributed by atoms with Crippen molar-refractivity contribution < 1.29 is 8.42 Å². The molecule has 104 valence electrons. The van der Waals surface area contributed by atoms with E-state index in [2.05, 4.69) is 9.71 Å². The molecule has 19 heavy (non-hydrogen) atoms. The van der Waals surface area contributed by atoms with Gasteiger partial charge in [0, 0.05) is 18.1 Å². The van der Waals surface area contributed by atoms with Crippen LogP contribution < -0.4 is 10.5 Å². The van der Waals surface area contributed by atoms with Crippen molar-refractivity contribution in [3.63, 3.8) is 0 Å². The Kier molecular flexibility index (Phi) is 3.98. The summed E-state index contributed by atoms with van der Waals surface area (Å²) in [5, 5.41) is 0.614. The van der Waals surface area contributed by atoms with Crippen LogP contribution in [0.4, 0.5) is 5.95 Å². The molecule has 2 rings (SSSR count). The van der Waals surface area contributed by atoms with Gasteiger partial charge in [0.1, 0.15) is 0 Å². The van der Waals surface area contributed by atoms with E-state index < -0.39 is 10.0 Å². The molecule has 8 heteroatoms. The van der Waals surface area contributed by atoms with Gasteiger partial charge in [-0.05, 0) is 24.6 Å². The number of fused-ring (bicyclic) bond motifs is 1. The first kappa shape index (κ1) is 14.1. The van der Waals surface area contributed by atoms with Crippen molar-refractivity contribution in [1.29, 1.82) is 0 Å². The van der Waals surface area contributed by atoms with Crippen LogP contribution in [0.1, 0.15) is 6.42 Å². The number of hydrogen-bond donors (Lipinski definition) is 2. The highest BCUT2D eigenvalue weighted by atomic mass is 35.5. The minimum Gasteiger partial charge on any atom is -0.369 e. The van der Waals surface area contributed by atoms with Crippen LogP contribution in [0.2, 0.25) is 5.02 Å². The van der Waals surface area contributed by atoms with Crippen LogP contribution >= 0.6 is 11.6 Å². The van der Waals surface area contributed by atoms with Crippen molar-refractivity contribution in [1.82, 2.24) is 14.3 Å². The maximum Gasteiger partial charge on any atom is 0.208 e. The Bertz CT molecular complexity index is 696. The fourth-order valence-corrected chi connectivity index (χ4v) is 2.53. The molecule has 0 fully saturated rings. The molecule has 0 atom stereocenters. The van der Waals surface area contributed by atoms with Gasteiger partial charge < -0.3 is 10.3 Å². The summed E-state index contributed by atoms with van der Waals surface area (Å²) in [5.41, 5.74) is 7.47. The highest BCUT2D eigenvalue weighted by Crippen LogP contribution is 2.21. The third kappa shape index (κ3) is 3.59. The van der Waals surface area contributed by atoms with Gasteiger partial charge in [-0.15, -0.1) is 0 Å². The number of nitrogens with one attached hydrogen (secondary N) is 1. The highest BCUT2D eigenvalue weighted by molar-refractivity contribution is 7.88. The van der Waals surface area contributed by atoms with E-state index in [-0.39, 0.29) is 0 Å². The number of nitrogen functional groups attached to an aromatic ring is 1. The van der Waals surface area contributed by atoms with Crippen LogP contribution in [0, 0.1) is 0 Å². The van der Waals surface area contributed by atoms with Crippen LogP contribution in [0.15, 0.2) is 18.2 Å². The minimum atomic E-state index is -3.15. The maximum atomic E-state index is 10.9. The molecule has 0 unspecified atom stereocenters. The average molecular weight is 303 g/mol. The Morgan fingerprint density at radius 2 is 2.21 bits per heavy atom. The first-order valence-corrected chi connectivity index (χ1v) is 7.99. The molecule has 0 aliphatic rings. The zero-order valence-corrected chi connectivity index (χ0v) is 12.0. The van der Waals surface area contributed by atoms with Gasteiger partial charge in [0.2, 0.25) is 16.0 Å². The van der Waals surface area contributed by atoms with E-state index in [1.54, 1.807) is 18.2 Å². The fraction of sp³-hybridized carbons (Fsp3) is 0.364. The number of benzene rings is 1. The third-order valence-corrected chi connectivity index (χ3v) is 3.63. The topological polar surface area (TPSA) is 90.0 Å². The van der Waals surface area contributed by atoms with Gasteiger partial charge in [-0.1, -0.05) is 11.6 Å². The SMILES string of the molecule is CS(=O)(=O)NCCCn1c(N)nc2ccc(Cl)cc21. The van der Waals surface area contributed by atoms with Crippen molar-refractivity contribution in [2.24, 2.45) is 0 Å². The molecule has 0 saturated carbocycles. The molecule has 0 amide bonds. The molecule has 0 spiro atoms. The van der Waals surface area contributed by atoms with Gasteiger partial charge in [0.25, 0.3) is 0 Å². The molecule has 0 bridgehead atoms. The van der Waals surface area contributed by atoms with Crippen LogP contribution in [0.25, 0.3) is 11.0 Å². The number of aromatic nitrogens is 2. The van der Waals surface area contributed by atoms with Gasteiger partial charge >= 0.3 is 0 Å². The summed E-state index contributed by atoms with van der Waals surface area (Å²) in [7, 11) is -3.15. The fourth-order valence-electron chi connectivity index (χ4n) is 1.84. The minimum absolute atomic E-state index is 0.360. The number of anilines is 1. The molecular weight excluding hydrogens is 288 g/mol. The summed E-state index contributed by atoms with van der Waals surface area (Å²) < 4.78 is 26.1. The number of imidazole rings is 1. The van der Waals surface area contributed by atoms with Gasteiger partial charge in [-0.2, -0.15) is 0 Å². The predicted molar refractivity (Wildman–Crippen MR) is 76.6 cm³/mol. The standard InChI is InChI=1S/C11H15ClN4O2S/c1-19(17,18)14-5-2-6-16-10-7-8(12)3-4-9(10)15-11(16)13/h3-4,7,14H,2,5-6H2,1H3,(H2,13,15). The number of aryl methyl sites for hydroxylation is 1. The Morgan fingerprint density at radius 1 is 1.47 bits per heavy atom. The summed E-state index contributed by atoms with van der Waals surface area (Å²) in [6.45, 7) is 0.934. The zero-order chi connectivity index (χ0) is 14.0. The second kappa shape index (κ2) is 5.36. The Hall–Kier alpha value is -1.31. The molecule has 2 aromatic rings. The molecule has 0 aliphatic carbocycles. The lowest BCUT2D eigenvalue weighted by molar-refractivity contribution is 0.578. The monoisotopic (exact) mass is 302 g/mol. The quantitative estimate of drug-likeness (QED) is 0.812. The van der Waals surface area contributed by atoms with Crippen LogP contribution in [0.3, 0.4) is 0 Å². The average Bonchev–Trinajstić information content (AvgIpc) is 2.59. The van der Waals surface area contributed by atoms with Crippen LogP contribution in [-0.2, 0) is 16.6 Å². The maximum absolute atomic E-state index is 10.9. The third-order valence-electron chi connectivity index (χ3n) is 2.66. The molecule has 1 heterocycles.